The van der Waals surface area contributed by atoms with E-state index >= 15 is 0 Å². The van der Waals surface area contributed by atoms with Gasteiger partial charge in [-0.2, -0.15) is 0 Å². The first-order chi connectivity index (χ1) is 13.1. The maximum Gasteiger partial charge on any atom is 0.255 e. The smallest absolute Gasteiger partial charge is 0.255 e. The summed E-state index contributed by atoms with van der Waals surface area (Å²) >= 11 is 6.02. The highest BCUT2D eigenvalue weighted by molar-refractivity contribution is 6.31. The number of rotatable bonds is 4. The number of ether oxygens (including phenoxy) is 1. The lowest BCUT2D eigenvalue weighted by molar-refractivity contribution is 0.102. The molecule has 3 aromatic carbocycles. The summed E-state index contributed by atoms with van der Waals surface area (Å²) in [4.78, 5) is 20.3. The van der Waals surface area contributed by atoms with Crippen molar-refractivity contribution in [3.8, 4) is 17.1 Å². The number of hydrogen-bond acceptors (Lipinski definition) is 3. The Balaban J connectivity index is 1.56. The van der Waals surface area contributed by atoms with Crippen LogP contribution in [-0.2, 0) is 0 Å². The molecule has 1 aromatic heterocycles. The number of imidazole rings is 1. The normalized spacial score (nSPS) is 10.7. The third-order valence-corrected chi connectivity index (χ3v) is 4.45. The van der Waals surface area contributed by atoms with Crippen LogP contribution < -0.4 is 10.1 Å². The number of amides is 1. The number of carbonyl (C=O) groups excluding carboxylic acids is 1. The van der Waals surface area contributed by atoms with Crippen molar-refractivity contribution in [1.82, 2.24) is 9.97 Å². The minimum Gasteiger partial charge on any atom is -0.495 e. The van der Waals surface area contributed by atoms with Gasteiger partial charge in [0.25, 0.3) is 5.91 Å². The largest absolute Gasteiger partial charge is 0.495 e. The van der Waals surface area contributed by atoms with E-state index in [0.717, 1.165) is 22.4 Å². The van der Waals surface area contributed by atoms with Gasteiger partial charge in [-0.25, -0.2) is 4.98 Å². The van der Waals surface area contributed by atoms with Crippen molar-refractivity contribution in [1.29, 1.82) is 0 Å². The second kappa shape index (κ2) is 7.13. The van der Waals surface area contributed by atoms with E-state index in [9.17, 15) is 4.79 Å². The number of para-hydroxylation sites is 2. The van der Waals surface area contributed by atoms with E-state index in [2.05, 4.69) is 15.3 Å². The van der Waals surface area contributed by atoms with E-state index in [-0.39, 0.29) is 5.91 Å². The average Bonchev–Trinajstić information content (AvgIpc) is 3.11. The van der Waals surface area contributed by atoms with Crippen LogP contribution in [0.4, 0.5) is 5.69 Å². The summed E-state index contributed by atoms with van der Waals surface area (Å²) in [6.45, 7) is 0. The summed E-state index contributed by atoms with van der Waals surface area (Å²) in [6, 6.07) is 20.0. The summed E-state index contributed by atoms with van der Waals surface area (Å²) < 4.78 is 5.26. The van der Waals surface area contributed by atoms with Gasteiger partial charge in [0.2, 0.25) is 0 Å². The summed E-state index contributed by atoms with van der Waals surface area (Å²) in [5.74, 6) is 1.13. The highest BCUT2D eigenvalue weighted by atomic mass is 35.5. The number of methoxy groups -OCH3 is 1. The van der Waals surface area contributed by atoms with Crippen molar-refractivity contribution in [2.75, 3.05) is 12.4 Å². The van der Waals surface area contributed by atoms with Crippen LogP contribution in [0.2, 0.25) is 5.02 Å². The van der Waals surface area contributed by atoms with Crippen molar-refractivity contribution in [3.05, 3.63) is 77.3 Å². The van der Waals surface area contributed by atoms with Gasteiger partial charge >= 0.3 is 0 Å². The van der Waals surface area contributed by atoms with Crippen LogP contribution in [0.3, 0.4) is 0 Å². The molecule has 0 fully saturated rings. The maximum absolute atomic E-state index is 12.5. The lowest BCUT2D eigenvalue weighted by atomic mass is 10.1. The Morgan fingerprint density at radius 3 is 2.63 bits per heavy atom. The monoisotopic (exact) mass is 377 g/mol. The molecular weight excluding hydrogens is 362 g/mol. The standard InChI is InChI=1S/C21H16ClN3O2/c1-27-19-5-3-2-4-17(19)25-21(26)14-8-6-13(7-9-14)20-23-16-11-10-15(22)12-18(16)24-20/h2-12H,1H3,(H,23,24)(H,25,26). The topological polar surface area (TPSA) is 67.0 Å². The fourth-order valence-corrected chi connectivity index (χ4v) is 3.01. The Bertz CT molecular complexity index is 1120. The third-order valence-electron chi connectivity index (χ3n) is 4.22. The molecule has 2 N–H and O–H groups in total. The van der Waals surface area contributed by atoms with E-state index in [1.54, 1.807) is 37.4 Å². The fourth-order valence-electron chi connectivity index (χ4n) is 2.84. The molecule has 0 saturated heterocycles. The Hall–Kier alpha value is -3.31. The van der Waals surface area contributed by atoms with Gasteiger partial charge in [-0.1, -0.05) is 35.9 Å². The molecule has 0 aliphatic heterocycles. The van der Waals surface area contributed by atoms with Crippen molar-refractivity contribution < 1.29 is 9.53 Å². The molecule has 0 radical (unpaired) electrons. The van der Waals surface area contributed by atoms with Crippen molar-refractivity contribution in [3.63, 3.8) is 0 Å². The van der Waals surface area contributed by atoms with Gasteiger partial charge in [-0.05, 0) is 42.5 Å². The summed E-state index contributed by atoms with van der Waals surface area (Å²) in [6.07, 6.45) is 0. The van der Waals surface area contributed by atoms with Crippen LogP contribution in [-0.4, -0.2) is 23.0 Å². The van der Waals surface area contributed by atoms with Crippen LogP contribution in [0.15, 0.2) is 66.7 Å². The molecule has 134 valence electrons. The molecule has 0 spiro atoms. The van der Waals surface area contributed by atoms with E-state index in [1.807, 2.05) is 36.4 Å². The molecule has 5 nitrogen and oxygen atoms in total. The molecule has 0 unspecified atom stereocenters. The van der Waals surface area contributed by atoms with Crippen molar-refractivity contribution in [2.45, 2.75) is 0 Å². The zero-order chi connectivity index (χ0) is 18.8. The highest BCUT2D eigenvalue weighted by Gasteiger charge is 2.11. The van der Waals surface area contributed by atoms with Gasteiger partial charge in [-0.3, -0.25) is 4.79 Å². The lowest BCUT2D eigenvalue weighted by Crippen LogP contribution is -2.12. The Morgan fingerprint density at radius 2 is 1.85 bits per heavy atom. The first-order valence-electron chi connectivity index (χ1n) is 8.34. The van der Waals surface area contributed by atoms with Gasteiger partial charge in [0.05, 0.1) is 23.8 Å². The number of nitrogens with one attached hydrogen (secondary N) is 2. The van der Waals surface area contributed by atoms with E-state index < -0.39 is 0 Å². The van der Waals surface area contributed by atoms with E-state index in [4.69, 9.17) is 16.3 Å². The van der Waals surface area contributed by atoms with Crippen LogP contribution >= 0.6 is 11.6 Å². The van der Waals surface area contributed by atoms with Gasteiger partial charge in [0, 0.05) is 16.1 Å². The van der Waals surface area contributed by atoms with Crippen molar-refractivity contribution in [2.24, 2.45) is 0 Å². The third kappa shape index (κ3) is 3.50. The summed E-state index contributed by atoms with van der Waals surface area (Å²) in [5.41, 5.74) is 3.77. The second-order valence-corrected chi connectivity index (χ2v) is 6.42. The molecule has 4 rings (SSSR count). The molecule has 4 aromatic rings. The van der Waals surface area contributed by atoms with Gasteiger partial charge in [0.15, 0.2) is 0 Å². The van der Waals surface area contributed by atoms with Gasteiger partial charge in [-0.15, -0.1) is 0 Å². The molecule has 1 amide bonds. The molecule has 0 aliphatic carbocycles. The maximum atomic E-state index is 12.5. The van der Waals surface area contributed by atoms with Crippen LogP contribution in [0, 0.1) is 0 Å². The number of anilines is 1. The number of hydrogen-bond donors (Lipinski definition) is 2. The Kier molecular flexibility index (Phi) is 4.52. The number of H-pyrrole nitrogens is 1. The zero-order valence-corrected chi connectivity index (χ0v) is 15.2. The van der Waals surface area contributed by atoms with Crippen LogP contribution in [0.25, 0.3) is 22.4 Å². The van der Waals surface area contributed by atoms with Crippen LogP contribution in [0.5, 0.6) is 5.75 Å². The predicted molar refractivity (Wildman–Crippen MR) is 107 cm³/mol. The molecule has 1 heterocycles. The van der Waals surface area contributed by atoms with Crippen molar-refractivity contribution >= 4 is 34.2 Å². The summed E-state index contributed by atoms with van der Waals surface area (Å²) in [7, 11) is 1.57. The van der Waals surface area contributed by atoms with Crippen LogP contribution in [0.1, 0.15) is 10.4 Å². The molecular formula is C21H16ClN3O2. The quantitative estimate of drug-likeness (QED) is 0.517. The SMILES string of the molecule is COc1ccccc1NC(=O)c1ccc(-c2nc3ccc(Cl)cc3[nH]2)cc1. The minimum atomic E-state index is -0.206. The number of carbonyl (C=O) groups is 1. The molecule has 6 heteroatoms. The van der Waals surface area contributed by atoms with Gasteiger partial charge < -0.3 is 15.0 Å². The zero-order valence-electron chi connectivity index (χ0n) is 14.5. The number of benzene rings is 3. The highest BCUT2D eigenvalue weighted by Crippen LogP contribution is 2.25. The second-order valence-electron chi connectivity index (χ2n) is 5.98. The number of nitrogens with zero attached hydrogens (tertiary/aromatic N) is 1. The Morgan fingerprint density at radius 1 is 1.07 bits per heavy atom. The average molecular weight is 378 g/mol. The Labute approximate surface area is 161 Å². The first kappa shape index (κ1) is 17.1. The number of halogens is 1. The number of aromatic nitrogens is 2. The first-order valence-corrected chi connectivity index (χ1v) is 8.72. The molecule has 27 heavy (non-hydrogen) atoms. The number of fused-ring (bicyclic) bond motifs is 1. The predicted octanol–water partition coefficient (Wildman–Crippen LogP) is 5.14. The van der Waals surface area contributed by atoms with E-state index in [0.29, 0.717) is 22.0 Å². The molecule has 0 aliphatic rings. The lowest BCUT2D eigenvalue weighted by Gasteiger charge is -2.10. The molecule has 0 atom stereocenters. The van der Waals surface area contributed by atoms with Gasteiger partial charge in [0.1, 0.15) is 11.6 Å². The fraction of sp³-hybridized carbons (Fsp3) is 0.0476. The van der Waals surface area contributed by atoms with E-state index in [1.165, 1.54) is 0 Å². The summed E-state index contributed by atoms with van der Waals surface area (Å²) in [5, 5.41) is 3.52. The molecule has 0 saturated carbocycles. The molecule has 0 bridgehead atoms. The number of aromatic amines is 1. The minimum absolute atomic E-state index is 0.206.